The van der Waals surface area contributed by atoms with Gasteiger partial charge in [0.1, 0.15) is 0 Å². The number of amides is 1. The van der Waals surface area contributed by atoms with Crippen LogP contribution in [0.2, 0.25) is 0 Å². The topological polar surface area (TPSA) is 88.7 Å². The van der Waals surface area contributed by atoms with Gasteiger partial charge in [0.2, 0.25) is 5.91 Å². The minimum absolute atomic E-state index is 0. The highest BCUT2D eigenvalue weighted by molar-refractivity contribution is 14.0. The van der Waals surface area contributed by atoms with Gasteiger partial charge in [-0.3, -0.25) is 9.79 Å². The maximum absolute atomic E-state index is 11.0. The second-order valence-corrected chi connectivity index (χ2v) is 4.26. The summed E-state index contributed by atoms with van der Waals surface area (Å²) >= 11 is 0. The van der Waals surface area contributed by atoms with E-state index in [1.165, 1.54) is 0 Å². The van der Waals surface area contributed by atoms with Crippen LogP contribution in [0, 0.1) is 0 Å². The van der Waals surface area contributed by atoms with Gasteiger partial charge in [-0.05, 0) is 24.1 Å². The second kappa shape index (κ2) is 11.3. The molecular formula is C14H23IN4O2. The largest absolute Gasteiger partial charge is 0.385 e. The lowest BCUT2D eigenvalue weighted by molar-refractivity contribution is 0.100. The third-order valence-corrected chi connectivity index (χ3v) is 2.74. The molecule has 0 saturated heterocycles. The van der Waals surface area contributed by atoms with E-state index in [1.54, 1.807) is 26.3 Å². The molecule has 0 atom stereocenters. The van der Waals surface area contributed by atoms with E-state index in [-0.39, 0.29) is 24.0 Å². The fraction of sp³-hybridized carbons (Fsp3) is 0.429. The van der Waals surface area contributed by atoms with Gasteiger partial charge >= 0.3 is 0 Å². The number of guanidine groups is 1. The third-order valence-electron chi connectivity index (χ3n) is 2.74. The fourth-order valence-corrected chi connectivity index (χ4v) is 1.62. The predicted octanol–water partition coefficient (Wildman–Crippen LogP) is 1.10. The van der Waals surface area contributed by atoms with Crippen LogP contribution >= 0.6 is 24.0 Å². The maximum Gasteiger partial charge on any atom is 0.248 e. The van der Waals surface area contributed by atoms with E-state index >= 15 is 0 Å². The Morgan fingerprint density at radius 3 is 2.48 bits per heavy atom. The van der Waals surface area contributed by atoms with E-state index in [9.17, 15) is 4.79 Å². The molecule has 7 heteroatoms. The van der Waals surface area contributed by atoms with Gasteiger partial charge < -0.3 is 21.1 Å². The van der Waals surface area contributed by atoms with Crippen molar-refractivity contribution in [1.29, 1.82) is 0 Å². The lowest BCUT2D eigenvalue weighted by Gasteiger charge is -2.11. The van der Waals surface area contributed by atoms with Crippen molar-refractivity contribution < 1.29 is 9.53 Å². The van der Waals surface area contributed by atoms with Crippen LogP contribution < -0.4 is 16.4 Å². The summed E-state index contributed by atoms with van der Waals surface area (Å²) in [5, 5.41) is 6.38. The Bertz CT molecular complexity index is 449. The summed E-state index contributed by atoms with van der Waals surface area (Å²) in [5.74, 6) is 0.320. The Kier molecular flexibility index (Phi) is 10.6. The zero-order valence-corrected chi connectivity index (χ0v) is 14.7. The van der Waals surface area contributed by atoms with Crippen molar-refractivity contribution in [2.45, 2.75) is 13.0 Å². The number of carbonyl (C=O) groups is 1. The molecule has 0 aliphatic heterocycles. The van der Waals surface area contributed by atoms with Gasteiger partial charge in [-0.15, -0.1) is 24.0 Å². The Balaban J connectivity index is 0.00000400. The number of halogens is 1. The van der Waals surface area contributed by atoms with Crippen molar-refractivity contribution in [2.75, 3.05) is 27.3 Å². The molecule has 4 N–H and O–H groups in total. The molecule has 0 saturated carbocycles. The molecule has 118 valence electrons. The van der Waals surface area contributed by atoms with Crippen LogP contribution in [0.15, 0.2) is 29.3 Å². The van der Waals surface area contributed by atoms with Crippen LogP contribution in [-0.4, -0.2) is 39.2 Å². The number of hydrogen-bond acceptors (Lipinski definition) is 3. The summed E-state index contributed by atoms with van der Waals surface area (Å²) in [5.41, 5.74) is 6.75. The van der Waals surface area contributed by atoms with E-state index in [2.05, 4.69) is 15.6 Å². The van der Waals surface area contributed by atoms with Crippen LogP contribution in [0.1, 0.15) is 22.3 Å². The molecule has 1 rings (SSSR count). The number of carbonyl (C=O) groups excluding carboxylic acids is 1. The van der Waals surface area contributed by atoms with E-state index in [0.29, 0.717) is 12.1 Å². The molecule has 0 aliphatic carbocycles. The standard InChI is InChI=1S/C14H22N4O2.HI/c1-16-14(17-8-3-9-20-2)18-10-11-4-6-12(7-5-11)13(15)19;/h4-7H,3,8-10H2,1-2H3,(H2,15,19)(H2,16,17,18);1H. The first-order valence-corrected chi connectivity index (χ1v) is 6.49. The Hall–Kier alpha value is -1.35. The van der Waals surface area contributed by atoms with Gasteiger partial charge in [0.15, 0.2) is 5.96 Å². The molecule has 6 nitrogen and oxygen atoms in total. The molecule has 0 heterocycles. The highest BCUT2D eigenvalue weighted by Gasteiger charge is 2.01. The van der Waals surface area contributed by atoms with E-state index in [1.807, 2.05) is 12.1 Å². The maximum atomic E-state index is 11.0. The molecule has 0 aliphatic rings. The average molecular weight is 406 g/mol. The number of nitrogens with one attached hydrogen (secondary N) is 2. The first-order valence-electron chi connectivity index (χ1n) is 6.49. The number of benzene rings is 1. The van der Waals surface area contributed by atoms with Crippen LogP contribution in [-0.2, 0) is 11.3 Å². The SMILES string of the molecule is CN=C(NCCCOC)NCc1ccc(C(N)=O)cc1.I. The number of hydrogen-bond donors (Lipinski definition) is 3. The normalized spacial score (nSPS) is 10.7. The van der Waals surface area contributed by atoms with Crippen molar-refractivity contribution >= 4 is 35.8 Å². The Morgan fingerprint density at radius 1 is 1.29 bits per heavy atom. The highest BCUT2D eigenvalue weighted by atomic mass is 127. The molecular weight excluding hydrogens is 383 g/mol. The van der Waals surface area contributed by atoms with Gasteiger partial charge in [0.05, 0.1) is 0 Å². The number of methoxy groups -OCH3 is 1. The summed E-state index contributed by atoms with van der Waals surface area (Å²) < 4.78 is 4.98. The van der Waals surface area contributed by atoms with Crippen molar-refractivity contribution in [1.82, 2.24) is 10.6 Å². The predicted molar refractivity (Wildman–Crippen MR) is 95.1 cm³/mol. The van der Waals surface area contributed by atoms with E-state index in [0.717, 1.165) is 31.1 Å². The average Bonchev–Trinajstić information content (AvgIpc) is 2.47. The summed E-state index contributed by atoms with van der Waals surface area (Å²) in [6, 6.07) is 7.17. The van der Waals surface area contributed by atoms with Gasteiger partial charge in [-0.25, -0.2) is 0 Å². The molecule has 0 radical (unpaired) electrons. The van der Waals surface area contributed by atoms with E-state index in [4.69, 9.17) is 10.5 Å². The minimum atomic E-state index is -0.417. The van der Waals surface area contributed by atoms with Crippen molar-refractivity contribution in [3.05, 3.63) is 35.4 Å². The smallest absolute Gasteiger partial charge is 0.248 e. The molecule has 1 aromatic carbocycles. The fourth-order valence-electron chi connectivity index (χ4n) is 1.62. The molecule has 1 aromatic rings. The van der Waals surface area contributed by atoms with Crippen molar-refractivity contribution in [3.63, 3.8) is 0 Å². The lowest BCUT2D eigenvalue weighted by atomic mass is 10.1. The molecule has 0 fully saturated rings. The van der Waals surface area contributed by atoms with Crippen LogP contribution in [0.4, 0.5) is 0 Å². The van der Waals surface area contributed by atoms with Crippen molar-refractivity contribution in [3.8, 4) is 0 Å². The Labute approximate surface area is 142 Å². The van der Waals surface area contributed by atoms with Gasteiger partial charge in [0.25, 0.3) is 0 Å². The zero-order chi connectivity index (χ0) is 14.8. The summed E-state index contributed by atoms with van der Waals surface area (Å²) in [7, 11) is 3.41. The zero-order valence-electron chi connectivity index (χ0n) is 12.4. The van der Waals surface area contributed by atoms with Gasteiger partial charge in [-0.2, -0.15) is 0 Å². The molecule has 0 unspecified atom stereocenters. The first kappa shape index (κ1) is 19.7. The quantitative estimate of drug-likeness (QED) is 0.274. The third kappa shape index (κ3) is 7.86. The number of rotatable bonds is 7. The highest BCUT2D eigenvalue weighted by Crippen LogP contribution is 2.03. The summed E-state index contributed by atoms with van der Waals surface area (Å²) in [6.45, 7) is 2.15. The number of primary amides is 1. The molecule has 0 aromatic heterocycles. The second-order valence-electron chi connectivity index (χ2n) is 4.26. The number of nitrogens with zero attached hydrogens (tertiary/aromatic N) is 1. The van der Waals surface area contributed by atoms with Crippen LogP contribution in [0.3, 0.4) is 0 Å². The molecule has 21 heavy (non-hydrogen) atoms. The summed E-state index contributed by atoms with van der Waals surface area (Å²) in [6.07, 6.45) is 0.921. The lowest BCUT2D eigenvalue weighted by Crippen LogP contribution is -2.37. The first-order chi connectivity index (χ1) is 9.67. The summed E-state index contributed by atoms with van der Waals surface area (Å²) in [4.78, 5) is 15.1. The number of nitrogens with two attached hydrogens (primary N) is 1. The van der Waals surface area contributed by atoms with Crippen LogP contribution in [0.25, 0.3) is 0 Å². The number of ether oxygens (including phenoxy) is 1. The van der Waals surface area contributed by atoms with Gasteiger partial charge in [0, 0.05) is 39.4 Å². The molecule has 0 bridgehead atoms. The molecule has 1 amide bonds. The van der Waals surface area contributed by atoms with Crippen LogP contribution in [0.5, 0.6) is 0 Å². The minimum Gasteiger partial charge on any atom is -0.385 e. The molecule has 0 spiro atoms. The monoisotopic (exact) mass is 406 g/mol. The Morgan fingerprint density at radius 2 is 1.95 bits per heavy atom. The van der Waals surface area contributed by atoms with Gasteiger partial charge in [-0.1, -0.05) is 12.1 Å². The van der Waals surface area contributed by atoms with E-state index < -0.39 is 5.91 Å². The number of aliphatic imine (C=N–C) groups is 1. The van der Waals surface area contributed by atoms with Crippen molar-refractivity contribution in [2.24, 2.45) is 10.7 Å².